The zero-order chi connectivity index (χ0) is 16.1. The predicted octanol–water partition coefficient (Wildman–Crippen LogP) is 0.557. The molecule has 0 rings (SSSR count). The van der Waals surface area contributed by atoms with E-state index in [1.54, 1.807) is 14.2 Å². The fourth-order valence-electron chi connectivity index (χ4n) is 2.37. The Kier molecular flexibility index (Phi) is 12.6. The highest BCUT2D eigenvalue weighted by atomic mass is 16.5. The average molecular weight is 303 g/mol. The molecule has 6 nitrogen and oxygen atoms in total. The molecular weight excluding hydrogens is 270 g/mol. The summed E-state index contributed by atoms with van der Waals surface area (Å²) >= 11 is 0. The van der Waals surface area contributed by atoms with Gasteiger partial charge in [0.15, 0.2) is 0 Å². The van der Waals surface area contributed by atoms with Crippen LogP contribution in [0.25, 0.3) is 0 Å². The van der Waals surface area contributed by atoms with Crippen LogP contribution in [0.1, 0.15) is 26.7 Å². The van der Waals surface area contributed by atoms with Crippen molar-refractivity contribution in [3.05, 3.63) is 0 Å². The van der Waals surface area contributed by atoms with Gasteiger partial charge >= 0.3 is 0 Å². The number of hydrogen-bond acceptors (Lipinski definition) is 5. The molecule has 0 aliphatic carbocycles. The summed E-state index contributed by atoms with van der Waals surface area (Å²) in [5.74, 6) is 0.171. The van der Waals surface area contributed by atoms with E-state index in [4.69, 9.17) is 15.2 Å². The monoisotopic (exact) mass is 303 g/mol. The maximum Gasteiger partial charge on any atom is 0.224 e. The molecule has 6 heteroatoms. The third-order valence-electron chi connectivity index (χ3n) is 3.69. The lowest BCUT2D eigenvalue weighted by Gasteiger charge is -2.32. The molecule has 0 radical (unpaired) electrons. The highest BCUT2D eigenvalue weighted by Crippen LogP contribution is 2.08. The minimum absolute atomic E-state index is 0.0603. The van der Waals surface area contributed by atoms with E-state index in [0.717, 1.165) is 32.6 Å². The molecule has 0 heterocycles. The molecule has 1 amide bonds. The van der Waals surface area contributed by atoms with Gasteiger partial charge in [-0.05, 0) is 20.3 Å². The molecule has 0 aromatic rings. The number of hydrogen-bond donors (Lipinski definition) is 1. The normalized spacial score (nSPS) is 12.7. The topological polar surface area (TPSA) is 68.0 Å². The lowest BCUT2D eigenvalue weighted by atomic mass is 10.1. The Morgan fingerprint density at radius 3 is 2.19 bits per heavy atom. The van der Waals surface area contributed by atoms with Gasteiger partial charge in [-0.25, -0.2) is 0 Å². The van der Waals surface area contributed by atoms with Crippen LogP contribution in [0.3, 0.4) is 0 Å². The molecule has 0 saturated carbocycles. The highest BCUT2D eigenvalue weighted by Gasteiger charge is 2.22. The number of carbonyl (C=O) groups is 1. The van der Waals surface area contributed by atoms with Gasteiger partial charge in [-0.2, -0.15) is 0 Å². The van der Waals surface area contributed by atoms with E-state index in [2.05, 4.69) is 4.90 Å². The van der Waals surface area contributed by atoms with Crippen LogP contribution >= 0.6 is 0 Å². The van der Waals surface area contributed by atoms with Crippen molar-refractivity contribution in [2.45, 2.75) is 32.7 Å². The summed E-state index contributed by atoms with van der Waals surface area (Å²) in [6.45, 7) is 8.97. The van der Waals surface area contributed by atoms with Crippen LogP contribution in [0.5, 0.6) is 0 Å². The second kappa shape index (κ2) is 13.0. The molecule has 0 saturated heterocycles. The lowest BCUT2D eigenvalue weighted by molar-refractivity contribution is -0.132. The van der Waals surface area contributed by atoms with Crippen molar-refractivity contribution >= 4 is 5.91 Å². The quantitative estimate of drug-likeness (QED) is 0.504. The van der Waals surface area contributed by atoms with E-state index in [9.17, 15) is 4.79 Å². The van der Waals surface area contributed by atoms with Crippen LogP contribution in [0, 0.1) is 0 Å². The van der Waals surface area contributed by atoms with Crippen LogP contribution in [0.15, 0.2) is 0 Å². The zero-order valence-corrected chi connectivity index (χ0v) is 14.1. The van der Waals surface area contributed by atoms with Crippen molar-refractivity contribution < 1.29 is 14.3 Å². The first-order valence-electron chi connectivity index (χ1n) is 7.84. The summed E-state index contributed by atoms with van der Waals surface area (Å²) in [7, 11) is 3.38. The van der Waals surface area contributed by atoms with E-state index in [-0.39, 0.29) is 11.9 Å². The summed E-state index contributed by atoms with van der Waals surface area (Å²) in [5.41, 5.74) is 5.90. The van der Waals surface area contributed by atoms with Crippen molar-refractivity contribution in [3.63, 3.8) is 0 Å². The second-order valence-corrected chi connectivity index (χ2v) is 5.03. The summed E-state index contributed by atoms with van der Waals surface area (Å²) in [6, 6.07) is 0.0603. The summed E-state index contributed by atoms with van der Waals surface area (Å²) in [6.07, 6.45) is 1.39. The molecule has 0 aromatic heterocycles. The molecule has 0 spiro atoms. The molecular formula is C15H33N3O3. The Morgan fingerprint density at radius 2 is 1.71 bits per heavy atom. The SMILES string of the molecule is CCN(CC)C(=O)CC(CN)N(CCCOC)CCOC. The number of ether oxygens (including phenoxy) is 2. The number of nitrogens with zero attached hydrogens (tertiary/aromatic N) is 2. The van der Waals surface area contributed by atoms with E-state index in [1.165, 1.54) is 0 Å². The molecule has 2 N–H and O–H groups in total. The third-order valence-corrected chi connectivity index (χ3v) is 3.69. The minimum atomic E-state index is 0.0603. The lowest BCUT2D eigenvalue weighted by Crippen LogP contribution is -2.46. The molecule has 0 aliphatic heterocycles. The van der Waals surface area contributed by atoms with Gasteiger partial charge < -0.3 is 20.1 Å². The Hall–Kier alpha value is -0.690. The Labute approximate surface area is 129 Å². The summed E-state index contributed by atoms with van der Waals surface area (Å²) < 4.78 is 10.3. The predicted molar refractivity (Wildman–Crippen MR) is 85.3 cm³/mol. The molecule has 126 valence electrons. The van der Waals surface area contributed by atoms with Crippen LogP contribution in [-0.4, -0.2) is 81.9 Å². The van der Waals surface area contributed by atoms with Gasteiger partial charge in [-0.1, -0.05) is 0 Å². The number of nitrogens with two attached hydrogens (primary N) is 1. The second-order valence-electron chi connectivity index (χ2n) is 5.03. The summed E-state index contributed by atoms with van der Waals surface area (Å²) in [4.78, 5) is 16.4. The maximum absolute atomic E-state index is 12.3. The first-order chi connectivity index (χ1) is 10.1. The standard InChI is InChI=1S/C15H33N3O3/c1-5-17(6-2)15(19)12-14(13-16)18(9-11-21-4)8-7-10-20-3/h14H,5-13,16H2,1-4H3. The molecule has 0 aliphatic rings. The Morgan fingerprint density at radius 1 is 1.10 bits per heavy atom. The molecule has 1 unspecified atom stereocenters. The summed E-state index contributed by atoms with van der Waals surface area (Å²) in [5, 5.41) is 0. The van der Waals surface area contributed by atoms with Crippen LogP contribution in [0.4, 0.5) is 0 Å². The van der Waals surface area contributed by atoms with E-state index in [1.807, 2.05) is 18.7 Å². The van der Waals surface area contributed by atoms with E-state index >= 15 is 0 Å². The van der Waals surface area contributed by atoms with Crippen LogP contribution in [0.2, 0.25) is 0 Å². The van der Waals surface area contributed by atoms with Gasteiger partial charge in [0, 0.05) is 66.0 Å². The third kappa shape index (κ3) is 8.36. The van der Waals surface area contributed by atoms with Gasteiger partial charge in [-0.15, -0.1) is 0 Å². The van der Waals surface area contributed by atoms with Crippen molar-refractivity contribution in [1.29, 1.82) is 0 Å². The van der Waals surface area contributed by atoms with Gasteiger partial charge in [-0.3, -0.25) is 9.69 Å². The van der Waals surface area contributed by atoms with E-state index < -0.39 is 0 Å². The number of methoxy groups -OCH3 is 2. The average Bonchev–Trinajstić information content (AvgIpc) is 2.50. The van der Waals surface area contributed by atoms with Gasteiger partial charge in [0.25, 0.3) is 0 Å². The van der Waals surface area contributed by atoms with Crippen LogP contribution in [-0.2, 0) is 14.3 Å². The van der Waals surface area contributed by atoms with Crippen molar-refractivity contribution in [1.82, 2.24) is 9.80 Å². The van der Waals surface area contributed by atoms with Crippen molar-refractivity contribution in [2.24, 2.45) is 5.73 Å². The molecule has 0 bridgehead atoms. The number of rotatable bonds is 13. The molecule has 21 heavy (non-hydrogen) atoms. The van der Waals surface area contributed by atoms with Gasteiger partial charge in [0.1, 0.15) is 0 Å². The van der Waals surface area contributed by atoms with E-state index in [0.29, 0.717) is 26.2 Å². The molecule has 0 fully saturated rings. The first-order valence-corrected chi connectivity index (χ1v) is 7.84. The largest absolute Gasteiger partial charge is 0.385 e. The zero-order valence-electron chi connectivity index (χ0n) is 14.1. The molecule has 0 aromatic carbocycles. The van der Waals surface area contributed by atoms with Crippen molar-refractivity contribution in [3.8, 4) is 0 Å². The molecule has 1 atom stereocenters. The van der Waals surface area contributed by atoms with Gasteiger partial charge in [0.2, 0.25) is 5.91 Å². The Balaban J connectivity index is 4.58. The van der Waals surface area contributed by atoms with Gasteiger partial charge in [0.05, 0.1) is 6.61 Å². The van der Waals surface area contributed by atoms with Crippen molar-refractivity contribution in [2.75, 3.05) is 60.2 Å². The first kappa shape index (κ1) is 20.3. The highest BCUT2D eigenvalue weighted by molar-refractivity contribution is 5.76. The number of carbonyl (C=O) groups excluding carboxylic acids is 1. The number of amides is 1. The van der Waals surface area contributed by atoms with Crippen LogP contribution < -0.4 is 5.73 Å². The minimum Gasteiger partial charge on any atom is -0.385 e. The maximum atomic E-state index is 12.3. The smallest absolute Gasteiger partial charge is 0.224 e. The fraction of sp³-hybridized carbons (Fsp3) is 0.933. The fourth-order valence-corrected chi connectivity index (χ4v) is 2.37. The Bertz CT molecular complexity index is 261.